The number of rotatable bonds is 5. The fourth-order valence-corrected chi connectivity index (χ4v) is 4.49. The maximum Gasteiger partial charge on any atom is 0.317 e. The first-order valence-electron chi connectivity index (χ1n) is 12.0. The molecular weight excluding hydrogens is 420 g/mol. The summed E-state index contributed by atoms with van der Waals surface area (Å²) in [5, 5.41) is 6.03. The predicted octanol–water partition coefficient (Wildman–Crippen LogP) is 3.03. The van der Waals surface area contributed by atoms with Crippen LogP contribution >= 0.6 is 0 Å². The quantitative estimate of drug-likeness (QED) is 0.710. The minimum Gasteiger partial charge on any atom is -0.497 e. The lowest BCUT2D eigenvalue weighted by atomic mass is 9.88. The Kier molecular flexibility index (Phi) is 8.21. The van der Waals surface area contributed by atoms with Gasteiger partial charge in [0.2, 0.25) is 5.91 Å². The van der Waals surface area contributed by atoms with Crippen LogP contribution in [0.5, 0.6) is 5.75 Å². The van der Waals surface area contributed by atoms with E-state index in [4.69, 9.17) is 4.74 Å². The summed E-state index contributed by atoms with van der Waals surface area (Å²) >= 11 is 0. The number of nitrogens with one attached hydrogen (secondary N) is 2. The van der Waals surface area contributed by atoms with Crippen molar-refractivity contribution in [2.45, 2.75) is 64.5 Å². The molecule has 0 aromatic heterocycles. The van der Waals surface area contributed by atoms with E-state index in [1.165, 1.54) is 0 Å². The molecule has 0 aliphatic carbocycles. The predicted molar refractivity (Wildman–Crippen MR) is 127 cm³/mol. The maximum absolute atomic E-state index is 13.5. The van der Waals surface area contributed by atoms with Gasteiger partial charge < -0.3 is 25.2 Å². The van der Waals surface area contributed by atoms with Gasteiger partial charge in [-0.2, -0.15) is 0 Å². The number of carbonyl (C=O) groups excluding carboxylic acids is 3. The second-order valence-electron chi connectivity index (χ2n) is 10.1. The first-order valence-corrected chi connectivity index (χ1v) is 12.0. The van der Waals surface area contributed by atoms with E-state index in [0.29, 0.717) is 37.2 Å². The standard InChI is InChI=1S/C25H38N4O4/c1-25(2,3)27-24(32)29-16-12-18(13-17-29)21(23(31)28-14-6-5-7-15-28)26-22(30)19-8-10-20(33-4)11-9-19/h8-11,18,21H,5-7,12-17H2,1-4H3,(H,26,30)(H,27,32)/t21-/m1/s1. The summed E-state index contributed by atoms with van der Waals surface area (Å²) < 4.78 is 5.17. The average molecular weight is 459 g/mol. The van der Waals surface area contributed by atoms with E-state index in [1.54, 1.807) is 36.3 Å². The van der Waals surface area contributed by atoms with Crippen LogP contribution in [-0.2, 0) is 4.79 Å². The molecule has 33 heavy (non-hydrogen) atoms. The molecule has 8 nitrogen and oxygen atoms in total. The van der Waals surface area contributed by atoms with Crippen LogP contribution in [0.4, 0.5) is 4.79 Å². The zero-order chi connectivity index (χ0) is 24.0. The van der Waals surface area contributed by atoms with Gasteiger partial charge in [0.25, 0.3) is 5.91 Å². The minimum absolute atomic E-state index is 0.00541. The van der Waals surface area contributed by atoms with Gasteiger partial charge in [0.1, 0.15) is 11.8 Å². The fourth-order valence-electron chi connectivity index (χ4n) is 4.49. The highest BCUT2D eigenvalue weighted by Crippen LogP contribution is 2.24. The molecule has 2 saturated heterocycles. The van der Waals surface area contributed by atoms with Crippen molar-refractivity contribution < 1.29 is 19.1 Å². The highest BCUT2D eigenvalue weighted by Gasteiger charge is 2.36. The molecule has 3 rings (SSSR count). The van der Waals surface area contributed by atoms with Gasteiger partial charge in [-0.15, -0.1) is 0 Å². The smallest absolute Gasteiger partial charge is 0.317 e. The van der Waals surface area contributed by atoms with E-state index < -0.39 is 6.04 Å². The first-order chi connectivity index (χ1) is 15.7. The SMILES string of the molecule is COc1ccc(C(=O)N[C@@H](C(=O)N2CCCCC2)C2CCN(C(=O)NC(C)(C)C)CC2)cc1. The molecule has 1 atom stereocenters. The second-order valence-corrected chi connectivity index (χ2v) is 10.1. The van der Waals surface area contributed by atoms with Crippen LogP contribution in [0.3, 0.4) is 0 Å². The van der Waals surface area contributed by atoms with E-state index >= 15 is 0 Å². The molecular formula is C25H38N4O4. The Morgan fingerprint density at radius 2 is 1.55 bits per heavy atom. The highest BCUT2D eigenvalue weighted by molar-refractivity contribution is 5.97. The van der Waals surface area contributed by atoms with Crippen LogP contribution < -0.4 is 15.4 Å². The minimum atomic E-state index is -0.592. The number of amides is 4. The van der Waals surface area contributed by atoms with Gasteiger partial charge in [0.05, 0.1) is 7.11 Å². The molecule has 8 heteroatoms. The Labute approximate surface area is 197 Å². The number of hydrogen-bond donors (Lipinski definition) is 2. The van der Waals surface area contributed by atoms with Gasteiger partial charge in [-0.3, -0.25) is 9.59 Å². The largest absolute Gasteiger partial charge is 0.497 e. The summed E-state index contributed by atoms with van der Waals surface area (Å²) in [5.41, 5.74) is 0.196. The van der Waals surface area contributed by atoms with Crippen LogP contribution in [0.15, 0.2) is 24.3 Å². The number of methoxy groups -OCH3 is 1. The number of ether oxygens (including phenoxy) is 1. The molecule has 1 aromatic rings. The summed E-state index contributed by atoms with van der Waals surface area (Å²) in [4.78, 5) is 42.7. The Balaban J connectivity index is 1.70. The zero-order valence-corrected chi connectivity index (χ0v) is 20.4. The van der Waals surface area contributed by atoms with Gasteiger partial charge in [-0.05, 0) is 83.1 Å². The van der Waals surface area contributed by atoms with E-state index in [0.717, 1.165) is 32.4 Å². The van der Waals surface area contributed by atoms with Crippen molar-refractivity contribution in [1.82, 2.24) is 20.4 Å². The molecule has 182 valence electrons. The van der Waals surface area contributed by atoms with Crippen molar-refractivity contribution in [3.63, 3.8) is 0 Å². The number of hydrogen-bond acceptors (Lipinski definition) is 4. The molecule has 2 N–H and O–H groups in total. The van der Waals surface area contributed by atoms with Crippen LogP contribution in [0.2, 0.25) is 0 Å². The van der Waals surface area contributed by atoms with Crippen molar-refractivity contribution in [2.75, 3.05) is 33.3 Å². The molecule has 4 amide bonds. The Bertz CT molecular complexity index is 820. The monoisotopic (exact) mass is 458 g/mol. The maximum atomic E-state index is 13.5. The van der Waals surface area contributed by atoms with E-state index in [2.05, 4.69) is 10.6 Å². The fraction of sp³-hybridized carbons (Fsp3) is 0.640. The third-order valence-electron chi connectivity index (χ3n) is 6.35. The van der Waals surface area contributed by atoms with Crippen molar-refractivity contribution >= 4 is 17.8 Å². The van der Waals surface area contributed by atoms with Crippen molar-refractivity contribution in [3.05, 3.63) is 29.8 Å². The molecule has 2 aliphatic heterocycles. The van der Waals surface area contributed by atoms with E-state index in [9.17, 15) is 14.4 Å². The topological polar surface area (TPSA) is 91.0 Å². The summed E-state index contributed by atoms with van der Waals surface area (Å²) in [7, 11) is 1.58. The lowest BCUT2D eigenvalue weighted by molar-refractivity contribution is -0.136. The van der Waals surface area contributed by atoms with E-state index in [1.807, 2.05) is 25.7 Å². The van der Waals surface area contributed by atoms with Crippen molar-refractivity contribution in [2.24, 2.45) is 5.92 Å². The van der Waals surface area contributed by atoms with Gasteiger partial charge in [-0.1, -0.05) is 0 Å². The number of carbonyl (C=O) groups is 3. The third-order valence-corrected chi connectivity index (χ3v) is 6.35. The number of benzene rings is 1. The lowest BCUT2D eigenvalue weighted by Crippen LogP contribution is -2.56. The molecule has 0 spiro atoms. The molecule has 1 aromatic carbocycles. The number of nitrogens with zero attached hydrogens (tertiary/aromatic N) is 2. The number of urea groups is 1. The van der Waals surface area contributed by atoms with Gasteiger partial charge >= 0.3 is 6.03 Å². The highest BCUT2D eigenvalue weighted by atomic mass is 16.5. The number of piperidine rings is 2. The third kappa shape index (κ3) is 6.85. The molecule has 0 radical (unpaired) electrons. The summed E-state index contributed by atoms with van der Waals surface area (Å²) in [6.07, 6.45) is 4.47. The van der Waals surface area contributed by atoms with Crippen LogP contribution in [0.1, 0.15) is 63.2 Å². The van der Waals surface area contributed by atoms with Crippen LogP contribution in [0, 0.1) is 5.92 Å². The normalized spacial score (nSPS) is 18.4. The van der Waals surface area contributed by atoms with Crippen LogP contribution in [-0.4, -0.2) is 72.5 Å². The second kappa shape index (κ2) is 10.9. The Morgan fingerprint density at radius 3 is 2.09 bits per heavy atom. The van der Waals surface area contributed by atoms with Gasteiger partial charge in [0.15, 0.2) is 0 Å². The summed E-state index contributed by atoms with van der Waals surface area (Å²) in [6.45, 7) is 8.48. The average Bonchev–Trinajstić information content (AvgIpc) is 2.81. The molecule has 0 saturated carbocycles. The molecule has 0 bridgehead atoms. The van der Waals surface area contributed by atoms with Crippen LogP contribution in [0.25, 0.3) is 0 Å². The van der Waals surface area contributed by atoms with E-state index in [-0.39, 0.29) is 29.3 Å². The summed E-state index contributed by atoms with van der Waals surface area (Å²) in [5.74, 6) is 0.392. The lowest BCUT2D eigenvalue weighted by Gasteiger charge is -2.39. The van der Waals surface area contributed by atoms with Crippen molar-refractivity contribution in [1.29, 1.82) is 0 Å². The molecule has 2 heterocycles. The molecule has 2 aliphatic rings. The molecule has 0 unspecified atom stereocenters. The first kappa shape index (κ1) is 24.9. The zero-order valence-electron chi connectivity index (χ0n) is 20.4. The van der Waals surface area contributed by atoms with Gasteiger partial charge in [-0.25, -0.2) is 4.79 Å². The van der Waals surface area contributed by atoms with Gasteiger partial charge in [0, 0.05) is 37.3 Å². The Morgan fingerprint density at radius 1 is 0.939 bits per heavy atom. The van der Waals surface area contributed by atoms with Crippen molar-refractivity contribution in [3.8, 4) is 5.75 Å². The number of likely N-dealkylation sites (tertiary alicyclic amines) is 2. The molecule has 2 fully saturated rings. The summed E-state index contributed by atoms with van der Waals surface area (Å²) in [6, 6.07) is 6.21. The Hall–Kier alpha value is -2.77.